The van der Waals surface area contributed by atoms with Crippen molar-refractivity contribution in [2.75, 3.05) is 18.6 Å². The van der Waals surface area contributed by atoms with E-state index in [0.717, 1.165) is 25.1 Å². The molecule has 0 radical (unpaired) electrons. The van der Waals surface area contributed by atoms with Gasteiger partial charge in [0, 0.05) is 29.4 Å². The molecule has 96 valence electrons. The van der Waals surface area contributed by atoms with Crippen LogP contribution in [0.4, 0.5) is 0 Å². The first kappa shape index (κ1) is 15.8. The summed E-state index contributed by atoms with van der Waals surface area (Å²) < 4.78 is 10.8. The minimum absolute atomic E-state index is 0.396. The van der Waals surface area contributed by atoms with Crippen molar-refractivity contribution in [1.82, 2.24) is 5.32 Å². The average Bonchev–Trinajstić information content (AvgIpc) is 2.20. The highest BCUT2D eigenvalue weighted by Gasteiger charge is 1.94. The van der Waals surface area contributed by atoms with E-state index in [0.29, 0.717) is 5.11 Å². The van der Waals surface area contributed by atoms with E-state index in [9.17, 15) is 4.21 Å². The number of hydrogen-bond acceptors (Lipinski definition) is 2. The molecule has 0 saturated heterocycles. The third kappa shape index (κ3) is 13.8. The zero-order valence-electron chi connectivity index (χ0n) is 10.2. The van der Waals surface area contributed by atoms with Gasteiger partial charge in [-0.2, -0.15) is 0 Å². The summed E-state index contributed by atoms with van der Waals surface area (Å²) in [4.78, 5) is 0. The highest BCUT2D eigenvalue weighted by Crippen LogP contribution is 2.07. The molecule has 0 saturated carbocycles. The van der Waals surface area contributed by atoms with E-state index < -0.39 is 10.8 Å². The van der Waals surface area contributed by atoms with E-state index in [4.69, 9.17) is 18.0 Å². The van der Waals surface area contributed by atoms with Gasteiger partial charge in [0.05, 0.1) is 0 Å². The number of unbranched alkanes of at least 4 members (excludes halogenated alkanes) is 6. The maximum Gasteiger partial charge on any atom is 0.163 e. The van der Waals surface area contributed by atoms with E-state index in [2.05, 4.69) is 5.32 Å². The van der Waals surface area contributed by atoms with Crippen LogP contribution in [0.1, 0.15) is 44.9 Å². The molecule has 0 bridgehead atoms. The van der Waals surface area contributed by atoms with Crippen molar-refractivity contribution in [2.45, 2.75) is 44.9 Å². The maximum absolute atomic E-state index is 10.8. The predicted molar refractivity (Wildman–Crippen MR) is 76.0 cm³/mol. The predicted octanol–water partition coefficient (Wildman–Crippen LogP) is 1.93. The molecule has 0 aromatic heterocycles. The van der Waals surface area contributed by atoms with Gasteiger partial charge in [-0.05, 0) is 25.1 Å². The zero-order valence-corrected chi connectivity index (χ0v) is 11.8. The lowest BCUT2D eigenvalue weighted by molar-refractivity contribution is 0.585. The lowest BCUT2D eigenvalue weighted by Gasteiger charge is -2.03. The van der Waals surface area contributed by atoms with Crippen LogP contribution in [0.5, 0.6) is 0 Å². The van der Waals surface area contributed by atoms with Gasteiger partial charge in [0.15, 0.2) is 5.11 Å². The largest absolute Gasteiger partial charge is 0.376 e. The van der Waals surface area contributed by atoms with Gasteiger partial charge >= 0.3 is 0 Å². The van der Waals surface area contributed by atoms with E-state index in [1.165, 1.54) is 32.1 Å². The fourth-order valence-electron chi connectivity index (χ4n) is 1.53. The quantitative estimate of drug-likeness (QED) is 0.468. The molecule has 1 atom stereocenters. The molecule has 5 heteroatoms. The highest BCUT2D eigenvalue weighted by atomic mass is 32.2. The second kappa shape index (κ2) is 11.3. The number of nitrogens with two attached hydrogens (primary N) is 1. The number of thiocarbonyl (C=S) groups is 1. The smallest absolute Gasteiger partial charge is 0.163 e. The van der Waals surface area contributed by atoms with Crippen molar-refractivity contribution < 1.29 is 4.21 Å². The molecular weight excluding hydrogens is 240 g/mol. The molecule has 0 amide bonds. The van der Waals surface area contributed by atoms with Gasteiger partial charge in [0.2, 0.25) is 0 Å². The molecule has 0 aliphatic heterocycles. The van der Waals surface area contributed by atoms with Crippen molar-refractivity contribution in [3.63, 3.8) is 0 Å². The first-order chi connectivity index (χ1) is 7.63. The second-order valence-electron chi connectivity index (χ2n) is 4.04. The topological polar surface area (TPSA) is 55.1 Å². The number of nitrogens with one attached hydrogen (secondary N) is 1. The van der Waals surface area contributed by atoms with E-state index >= 15 is 0 Å². The van der Waals surface area contributed by atoms with Crippen LogP contribution in [0.25, 0.3) is 0 Å². The van der Waals surface area contributed by atoms with Gasteiger partial charge < -0.3 is 11.1 Å². The normalized spacial score (nSPS) is 12.3. The minimum Gasteiger partial charge on any atom is -0.376 e. The molecule has 0 fully saturated rings. The SMILES string of the molecule is CS(=O)CCCCCCCCCNC(N)=S. The van der Waals surface area contributed by atoms with Crippen molar-refractivity contribution in [3.8, 4) is 0 Å². The van der Waals surface area contributed by atoms with Crippen LogP contribution in [0.3, 0.4) is 0 Å². The molecule has 1 unspecified atom stereocenters. The van der Waals surface area contributed by atoms with Gasteiger partial charge in [-0.25, -0.2) is 0 Å². The molecule has 0 spiro atoms. The van der Waals surface area contributed by atoms with Gasteiger partial charge in [0.1, 0.15) is 0 Å². The van der Waals surface area contributed by atoms with Crippen LogP contribution in [-0.4, -0.2) is 27.9 Å². The van der Waals surface area contributed by atoms with E-state index in [1.807, 2.05) is 0 Å². The molecule has 3 nitrogen and oxygen atoms in total. The van der Waals surface area contributed by atoms with Gasteiger partial charge in [-0.15, -0.1) is 0 Å². The standard InChI is InChI=1S/C11H24N2OS2/c1-16(14)10-8-6-4-2-3-5-7-9-13-11(12)15/h2-10H2,1H3,(H3,12,13,15). The van der Waals surface area contributed by atoms with Crippen molar-refractivity contribution in [1.29, 1.82) is 0 Å². The molecular formula is C11H24N2OS2. The van der Waals surface area contributed by atoms with Gasteiger partial charge in [-0.1, -0.05) is 32.1 Å². The number of rotatable bonds is 10. The van der Waals surface area contributed by atoms with Crippen LogP contribution in [0, 0.1) is 0 Å². The summed E-state index contributed by atoms with van der Waals surface area (Å²) >= 11 is 4.71. The molecule has 0 rings (SSSR count). The summed E-state index contributed by atoms with van der Waals surface area (Å²) in [5, 5.41) is 3.34. The number of hydrogen-bond donors (Lipinski definition) is 2. The van der Waals surface area contributed by atoms with Gasteiger partial charge in [0.25, 0.3) is 0 Å². The molecule has 16 heavy (non-hydrogen) atoms. The lowest BCUT2D eigenvalue weighted by atomic mass is 10.1. The highest BCUT2D eigenvalue weighted by molar-refractivity contribution is 7.84. The maximum atomic E-state index is 10.8. The summed E-state index contributed by atoms with van der Waals surface area (Å²) in [5.41, 5.74) is 5.31. The Bertz CT molecular complexity index is 188. The third-order valence-corrected chi connectivity index (χ3v) is 3.42. The average molecular weight is 264 g/mol. The zero-order chi connectivity index (χ0) is 12.2. The Balaban J connectivity index is 2.98. The fourth-order valence-corrected chi connectivity index (χ4v) is 2.24. The summed E-state index contributed by atoms with van der Waals surface area (Å²) in [6, 6.07) is 0. The first-order valence-corrected chi connectivity index (χ1v) is 8.10. The second-order valence-corrected chi connectivity index (χ2v) is 6.04. The Labute approximate surface area is 107 Å². The van der Waals surface area contributed by atoms with Crippen molar-refractivity contribution in [2.24, 2.45) is 5.73 Å². The van der Waals surface area contributed by atoms with Crippen LogP contribution in [0.15, 0.2) is 0 Å². The Hall–Kier alpha value is -0.160. The van der Waals surface area contributed by atoms with Gasteiger partial charge in [-0.3, -0.25) is 4.21 Å². The third-order valence-electron chi connectivity index (χ3n) is 2.41. The molecule has 0 aromatic carbocycles. The molecule has 0 heterocycles. The summed E-state index contributed by atoms with van der Waals surface area (Å²) in [7, 11) is -0.614. The summed E-state index contributed by atoms with van der Waals surface area (Å²) in [6.07, 6.45) is 10.3. The van der Waals surface area contributed by atoms with Crippen molar-refractivity contribution >= 4 is 28.1 Å². The molecule has 0 aliphatic rings. The van der Waals surface area contributed by atoms with Crippen LogP contribution in [0.2, 0.25) is 0 Å². The Morgan fingerprint density at radius 2 is 1.62 bits per heavy atom. The molecule has 0 aliphatic carbocycles. The van der Waals surface area contributed by atoms with Crippen molar-refractivity contribution in [3.05, 3.63) is 0 Å². The first-order valence-electron chi connectivity index (χ1n) is 5.96. The fraction of sp³-hybridized carbons (Fsp3) is 0.909. The minimum atomic E-state index is -0.614. The van der Waals surface area contributed by atoms with E-state index in [1.54, 1.807) is 6.26 Å². The summed E-state index contributed by atoms with van der Waals surface area (Å²) in [6.45, 7) is 0.893. The Kier molecular flexibility index (Phi) is 11.2. The van der Waals surface area contributed by atoms with Crippen LogP contribution >= 0.6 is 12.2 Å². The van der Waals surface area contributed by atoms with Crippen LogP contribution < -0.4 is 11.1 Å². The Morgan fingerprint density at radius 1 is 1.12 bits per heavy atom. The molecule has 0 aromatic rings. The summed E-state index contributed by atoms with van der Waals surface area (Å²) in [5.74, 6) is 0.859. The Morgan fingerprint density at radius 3 is 2.12 bits per heavy atom. The lowest BCUT2D eigenvalue weighted by Crippen LogP contribution is -2.29. The molecule has 3 N–H and O–H groups in total. The van der Waals surface area contributed by atoms with Crippen LogP contribution in [-0.2, 0) is 10.8 Å². The van der Waals surface area contributed by atoms with E-state index in [-0.39, 0.29) is 0 Å². The monoisotopic (exact) mass is 264 g/mol.